The van der Waals surface area contributed by atoms with Crippen molar-refractivity contribution in [3.8, 4) is 0 Å². The maximum Gasteiger partial charge on any atom is 0.0594 e. The van der Waals surface area contributed by atoms with Gasteiger partial charge in [0, 0.05) is 12.6 Å². The van der Waals surface area contributed by atoms with Gasteiger partial charge in [-0.15, -0.1) is 0 Å². The Morgan fingerprint density at radius 3 is 2.65 bits per heavy atom. The Morgan fingerprint density at radius 1 is 1.00 bits per heavy atom. The summed E-state index contributed by atoms with van der Waals surface area (Å²) in [6.45, 7) is 1.88. The molecule has 2 aliphatic carbocycles. The second-order valence-corrected chi connectivity index (χ2v) is 6.29. The molecule has 0 amide bonds. The molecular weight excluding hydrogens is 246 g/mol. The number of aryl methyl sites for hydroxylation is 1. The molecule has 1 fully saturated rings. The van der Waals surface area contributed by atoms with Crippen LogP contribution in [0.25, 0.3) is 0 Å². The number of ether oxygens (including phenoxy) is 1. The van der Waals surface area contributed by atoms with Crippen molar-refractivity contribution in [3.05, 3.63) is 35.4 Å². The molecule has 0 radical (unpaired) electrons. The van der Waals surface area contributed by atoms with Crippen LogP contribution in [0.3, 0.4) is 0 Å². The van der Waals surface area contributed by atoms with Gasteiger partial charge < -0.3 is 10.1 Å². The van der Waals surface area contributed by atoms with Crippen LogP contribution in [0.2, 0.25) is 0 Å². The molecule has 1 aromatic carbocycles. The zero-order valence-corrected chi connectivity index (χ0v) is 12.4. The number of nitrogens with one attached hydrogen (secondary N) is 1. The summed E-state index contributed by atoms with van der Waals surface area (Å²) < 4.78 is 5.98. The fourth-order valence-electron chi connectivity index (χ4n) is 3.59. The highest BCUT2D eigenvalue weighted by Gasteiger charge is 2.18. The molecule has 0 saturated heterocycles. The largest absolute Gasteiger partial charge is 0.377 e. The fraction of sp³-hybridized carbons (Fsp3) is 0.667. The van der Waals surface area contributed by atoms with Crippen molar-refractivity contribution >= 4 is 0 Å². The lowest BCUT2D eigenvalue weighted by molar-refractivity contribution is 0.0292. The number of hydrogen-bond donors (Lipinski definition) is 1. The van der Waals surface area contributed by atoms with Crippen molar-refractivity contribution in [2.75, 3.05) is 13.2 Å². The van der Waals surface area contributed by atoms with Gasteiger partial charge in [-0.1, -0.05) is 43.5 Å². The number of rotatable bonds is 5. The Bertz CT molecular complexity index is 412. The van der Waals surface area contributed by atoms with E-state index in [9.17, 15) is 0 Å². The first-order chi connectivity index (χ1) is 9.92. The van der Waals surface area contributed by atoms with Gasteiger partial charge in [-0.05, 0) is 43.2 Å². The lowest BCUT2D eigenvalue weighted by Gasteiger charge is -2.26. The van der Waals surface area contributed by atoms with Gasteiger partial charge in [0.25, 0.3) is 0 Å². The maximum atomic E-state index is 5.98. The Kier molecular flexibility index (Phi) is 5.10. The van der Waals surface area contributed by atoms with E-state index in [1.165, 1.54) is 56.9 Å². The number of hydrogen-bond acceptors (Lipinski definition) is 2. The number of benzene rings is 1. The molecule has 2 heteroatoms. The van der Waals surface area contributed by atoms with Crippen molar-refractivity contribution in [1.29, 1.82) is 0 Å². The molecule has 1 saturated carbocycles. The van der Waals surface area contributed by atoms with Crippen molar-refractivity contribution in [1.82, 2.24) is 5.32 Å². The average molecular weight is 273 g/mol. The molecule has 0 spiro atoms. The first-order valence-corrected chi connectivity index (χ1v) is 8.33. The van der Waals surface area contributed by atoms with Gasteiger partial charge in [-0.25, -0.2) is 0 Å². The van der Waals surface area contributed by atoms with Crippen LogP contribution in [0.4, 0.5) is 0 Å². The summed E-state index contributed by atoms with van der Waals surface area (Å²) in [6.07, 6.45) is 10.9. The van der Waals surface area contributed by atoms with Crippen molar-refractivity contribution in [3.63, 3.8) is 0 Å². The molecule has 2 aliphatic rings. The van der Waals surface area contributed by atoms with Gasteiger partial charge in [0.2, 0.25) is 0 Å². The highest BCUT2D eigenvalue weighted by Crippen LogP contribution is 2.21. The zero-order chi connectivity index (χ0) is 13.6. The quantitative estimate of drug-likeness (QED) is 0.829. The van der Waals surface area contributed by atoms with E-state index in [1.807, 2.05) is 0 Å². The Labute approximate surface area is 122 Å². The predicted molar refractivity (Wildman–Crippen MR) is 83.1 cm³/mol. The molecule has 1 N–H and O–H groups in total. The van der Waals surface area contributed by atoms with E-state index in [0.29, 0.717) is 12.1 Å². The van der Waals surface area contributed by atoms with Crippen LogP contribution in [0.15, 0.2) is 24.3 Å². The molecule has 0 aromatic heterocycles. The Hall–Kier alpha value is -0.860. The van der Waals surface area contributed by atoms with Crippen molar-refractivity contribution in [2.45, 2.75) is 63.5 Å². The summed E-state index contributed by atoms with van der Waals surface area (Å²) in [4.78, 5) is 0. The van der Waals surface area contributed by atoms with E-state index in [-0.39, 0.29) is 0 Å². The van der Waals surface area contributed by atoms with Crippen LogP contribution in [-0.4, -0.2) is 25.3 Å². The minimum absolute atomic E-state index is 0.539. The second kappa shape index (κ2) is 7.24. The van der Waals surface area contributed by atoms with E-state index in [4.69, 9.17) is 4.74 Å². The van der Waals surface area contributed by atoms with Crippen LogP contribution in [0.5, 0.6) is 0 Å². The normalized spacial score (nSPS) is 23.5. The van der Waals surface area contributed by atoms with E-state index < -0.39 is 0 Å². The summed E-state index contributed by atoms with van der Waals surface area (Å²) >= 11 is 0. The van der Waals surface area contributed by atoms with E-state index in [2.05, 4.69) is 29.6 Å². The van der Waals surface area contributed by atoms with Gasteiger partial charge in [0.15, 0.2) is 0 Å². The van der Waals surface area contributed by atoms with Crippen LogP contribution < -0.4 is 5.32 Å². The second-order valence-electron chi connectivity index (χ2n) is 6.29. The zero-order valence-electron chi connectivity index (χ0n) is 12.4. The maximum absolute atomic E-state index is 5.98. The van der Waals surface area contributed by atoms with E-state index in [1.54, 1.807) is 5.56 Å². The van der Waals surface area contributed by atoms with Gasteiger partial charge in [0.05, 0.1) is 12.7 Å². The molecule has 0 aliphatic heterocycles. The standard InChI is InChI=1S/C18H27NO/c1-2-8-18(9-3-1)20-13-12-19-17-11-10-15-6-4-5-7-16(15)14-17/h4-7,17-19H,1-3,8-14H2. The lowest BCUT2D eigenvalue weighted by atomic mass is 9.88. The molecule has 0 heterocycles. The highest BCUT2D eigenvalue weighted by molar-refractivity contribution is 5.30. The van der Waals surface area contributed by atoms with Crippen LogP contribution in [0.1, 0.15) is 49.7 Å². The van der Waals surface area contributed by atoms with Crippen LogP contribution >= 0.6 is 0 Å². The molecule has 20 heavy (non-hydrogen) atoms. The summed E-state index contributed by atoms with van der Waals surface area (Å²) in [5.41, 5.74) is 3.08. The molecule has 110 valence electrons. The highest BCUT2D eigenvalue weighted by atomic mass is 16.5. The number of fused-ring (bicyclic) bond motifs is 1. The van der Waals surface area contributed by atoms with Gasteiger partial charge in [-0.2, -0.15) is 0 Å². The first kappa shape index (κ1) is 14.1. The SMILES string of the molecule is c1ccc2c(c1)CCC(NCCOC1CCCCC1)C2. The summed E-state index contributed by atoms with van der Waals surface area (Å²) in [5.74, 6) is 0. The summed E-state index contributed by atoms with van der Waals surface area (Å²) in [5, 5.41) is 3.68. The summed E-state index contributed by atoms with van der Waals surface area (Å²) in [7, 11) is 0. The third-order valence-electron chi connectivity index (χ3n) is 4.79. The fourth-order valence-corrected chi connectivity index (χ4v) is 3.59. The Morgan fingerprint density at radius 2 is 1.80 bits per heavy atom. The Balaban J connectivity index is 1.35. The van der Waals surface area contributed by atoms with Crippen molar-refractivity contribution < 1.29 is 4.74 Å². The minimum atomic E-state index is 0.539. The van der Waals surface area contributed by atoms with Crippen molar-refractivity contribution in [2.24, 2.45) is 0 Å². The minimum Gasteiger partial charge on any atom is -0.377 e. The molecular formula is C18H27NO. The molecule has 1 aromatic rings. The topological polar surface area (TPSA) is 21.3 Å². The predicted octanol–water partition coefficient (Wildman–Crippen LogP) is 3.48. The lowest BCUT2D eigenvalue weighted by Crippen LogP contribution is -2.37. The molecule has 0 bridgehead atoms. The van der Waals surface area contributed by atoms with Crippen LogP contribution in [-0.2, 0) is 17.6 Å². The molecule has 1 atom stereocenters. The monoisotopic (exact) mass is 273 g/mol. The third-order valence-corrected chi connectivity index (χ3v) is 4.79. The molecule has 1 unspecified atom stereocenters. The van der Waals surface area contributed by atoms with Crippen LogP contribution in [0, 0.1) is 0 Å². The first-order valence-electron chi connectivity index (χ1n) is 8.33. The smallest absolute Gasteiger partial charge is 0.0594 e. The average Bonchev–Trinajstić information content (AvgIpc) is 2.52. The van der Waals surface area contributed by atoms with Gasteiger partial charge in [-0.3, -0.25) is 0 Å². The van der Waals surface area contributed by atoms with E-state index >= 15 is 0 Å². The summed E-state index contributed by atoms with van der Waals surface area (Å²) in [6, 6.07) is 9.51. The molecule has 3 rings (SSSR count). The molecule has 2 nitrogen and oxygen atoms in total. The van der Waals surface area contributed by atoms with Gasteiger partial charge >= 0.3 is 0 Å². The van der Waals surface area contributed by atoms with Gasteiger partial charge in [0.1, 0.15) is 0 Å². The van der Waals surface area contributed by atoms with E-state index in [0.717, 1.165) is 13.2 Å². The third kappa shape index (κ3) is 3.83.